The molecule has 0 bridgehead atoms. The number of methoxy groups -OCH3 is 1. The van der Waals surface area contributed by atoms with Crippen LogP contribution >= 0.6 is 11.8 Å². The number of benzene rings is 1. The van der Waals surface area contributed by atoms with E-state index >= 15 is 0 Å². The maximum absolute atomic E-state index is 12.7. The summed E-state index contributed by atoms with van der Waals surface area (Å²) < 4.78 is 8.52. The summed E-state index contributed by atoms with van der Waals surface area (Å²) >= 11 is 1.27. The van der Waals surface area contributed by atoms with Crippen LogP contribution in [0.3, 0.4) is 0 Å². The average molecular weight is 398 g/mol. The molecule has 3 heterocycles. The van der Waals surface area contributed by atoms with Gasteiger partial charge in [0.05, 0.1) is 25.1 Å². The zero-order valence-electron chi connectivity index (χ0n) is 15.2. The molecule has 1 aromatic carbocycles. The first-order valence-corrected chi connectivity index (χ1v) is 9.66. The average Bonchev–Trinajstić information content (AvgIpc) is 3.20. The normalized spacial score (nSPS) is 13.2. The molecule has 4 rings (SSSR count). The number of pyridine rings is 1. The summed E-state index contributed by atoms with van der Waals surface area (Å²) in [7, 11) is 1.60. The molecule has 2 aromatic heterocycles. The van der Waals surface area contributed by atoms with Crippen molar-refractivity contribution in [2.45, 2.75) is 18.2 Å². The number of carbonyl (C=O) groups is 1. The van der Waals surface area contributed by atoms with Gasteiger partial charge < -0.3 is 14.2 Å². The third kappa shape index (κ3) is 3.63. The summed E-state index contributed by atoms with van der Waals surface area (Å²) in [6.45, 7) is 1.44. The fourth-order valence-electron chi connectivity index (χ4n) is 3.05. The Morgan fingerprint density at radius 2 is 2.07 bits per heavy atom. The van der Waals surface area contributed by atoms with Crippen LogP contribution in [-0.2, 0) is 17.9 Å². The number of fused-ring (bicyclic) bond motifs is 1. The van der Waals surface area contributed by atoms with Gasteiger partial charge in [-0.25, -0.2) is 0 Å². The van der Waals surface area contributed by atoms with Crippen LogP contribution in [0.4, 0.5) is 0 Å². The fraction of sp³-hybridized carbons (Fsp3) is 0.278. The summed E-state index contributed by atoms with van der Waals surface area (Å²) in [5.41, 5.74) is 1.57. The van der Waals surface area contributed by atoms with Crippen molar-refractivity contribution in [2.24, 2.45) is 0 Å². The third-order valence-corrected chi connectivity index (χ3v) is 5.41. The molecule has 1 aliphatic rings. The quantitative estimate of drug-likeness (QED) is 0.591. The van der Waals surface area contributed by atoms with Crippen LogP contribution in [0.15, 0.2) is 52.4 Å². The van der Waals surface area contributed by atoms with Crippen molar-refractivity contribution in [3.8, 4) is 11.4 Å². The predicted molar refractivity (Wildman–Crippen MR) is 103 cm³/mol. The van der Waals surface area contributed by atoms with Crippen LogP contribution in [0.25, 0.3) is 5.69 Å². The molecule has 0 saturated carbocycles. The van der Waals surface area contributed by atoms with Gasteiger partial charge in [0.1, 0.15) is 5.75 Å². The van der Waals surface area contributed by atoms with Gasteiger partial charge in [-0.2, -0.15) is 4.68 Å². The highest BCUT2D eigenvalue weighted by Crippen LogP contribution is 2.22. The lowest BCUT2D eigenvalue weighted by Gasteiger charge is -2.29. The Hall–Kier alpha value is -3.14. The zero-order chi connectivity index (χ0) is 19.5. The molecule has 0 saturated heterocycles. The molecule has 0 atom stereocenters. The van der Waals surface area contributed by atoms with Crippen molar-refractivity contribution in [2.75, 3.05) is 19.4 Å². The number of ether oxygens (including phenoxy) is 1. The van der Waals surface area contributed by atoms with Crippen LogP contribution in [0.1, 0.15) is 5.69 Å². The molecule has 0 fully saturated rings. The summed E-state index contributed by atoms with van der Waals surface area (Å²) in [5, 5.41) is 12.3. The number of amides is 1. The van der Waals surface area contributed by atoms with E-state index in [0.29, 0.717) is 30.5 Å². The SMILES string of the molecule is COc1cccc(-n2nnnc2SCC(=O)N2CCn3c(cccc3=O)C2)c1. The summed E-state index contributed by atoms with van der Waals surface area (Å²) in [6.07, 6.45) is 0. The molecular formula is C18H18N6O3S. The van der Waals surface area contributed by atoms with Crippen molar-refractivity contribution in [1.82, 2.24) is 29.7 Å². The van der Waals surface area contributed by atoms with Gasteiger partial charge in [0.15, 0.2) is 0 Å². The highest BCUT2D eigenvalue weighted by Gasteiger charge is 2.22. The largest absolute Gasteiger partial charge is 0.497 e. The molecule has 0 aliphatic carbocycles. The van der Waals surface area contributed by atoms with E-state index in [1.165, 1.54) is 17.8 Å². The summed E-state index contributed by atoms with van der Waals surface area (Å²) in [5.74, 6) is 0.886. The van der Waals surface area contributed by atoms with Crippen molar-refractivity contribution >= 4 is 17.7 Å². The van der Waals surface area contributed by atoms with E-state index in [2.05, 4.69) is 15.5 Å². The monoisotopic (exact) mass is 398 g/mol. The minimum Gasteiger partial charge on any atom is -0.497 e. The first-order valence-electron chi connectivity index (χ1n) is 8.68. The Morgan fingerprint density at radius 1 is 1.21 bits per heavy atom. The molecule has 1 aliphatic heterocycles. The van der Waals surface area contributed by atoms with Crippen LogP contribution < -0.4 is 10.3 Å². The molecule has 0 spiro atoms. The molecule has 0 unspecified atom stereocenters. The van der Waals surface area contributed by atoms with E-state index in [-0.39, 0.29) is 17.2 Å². The van der Waals surface area contributed by atoms with Crippen molar-refractivity contribution in [3.05, 3.63) is 58.5 Å². The summed E-state index contributed by atoms with van der Waals surface area (Å²) in [4.78, 5) is 26.3. The van der Waals surface area contributed by atoms with Crippen LogP contribution in [-0.4, -0.2) is 55.0 Å². The molecule has 144 valence electrons. The minimum atomic E-state index is -0.0311. The molecule has 1 amide bonds. The molecular weight excluding hydrogens is 380 g/mol. The molecule has 9 nitrogen and oxygen atoms in total. The fourth-order valence-corrected chi connectivity index (χ4v) is 3.85. The topological polar surface area (TPSA) is 95.1 Å². The number of nitrogens with zero attached hydrogens (tertiary/aromatic N) is 6. The van der Waals surface area contributed by atoms with Gasteiger partial charge in [-0.3, -0.25) is 9.59 Å². The first-order chi connectivity index (χ1) is 13.7. The Kier molecular flexibility index (Phi) is 5.11. The van der Waals surface area contributed by atoms with Crippen molar-refractivity contribution < 1.29 is 9.53 Å². The van der Waals surface area contributed by atoms with Gasteiger partial charge in [0.2, 0.25) is 11.1 Å². The maximum Gasteiger partial charge on any atom is 0.250 e. The van der Waals surface area contributed by atoms with Gasteiger partial charge in [0, 0.05) is 30.9 Å². The van der Waals surface area contributed by atoms with Gasteiger partial charge in [-0.1, -0.05) is 23.9 Å². The van der Waals surface area contributed by atoms with Crippen molar-refractivity contribution in [3.63, 3.8) is 0 Å². The smallest absolute Gasteiger partial charge is 0.250 e. The second kappa shape index (κ2) is 7.85. The van der Waals surface area contributed by atoms with E-state index in [1.807, 2.05) is 30.3 Å². The Morgan fingerprint density at radius 3 is 2.93 bits per heavy atom. The van der Waals surface area contributed by atoms with Crippen LogP contribution in [0.2, 0.25) is 0 Å². The van der Waals surface area contributed by atoms with Gasteiger partial charge in [-0.15, -0.1) is 5.10 Å². The van der Waals surface area contributed by atoms with Gasteiger partial charge in [-0.05, 0) is 28.6 Å². The molecule has 3 aromatic rings. The lowest BCUT2D eigenvalue weighted by atomic mass is 10.2. The van der Waals surface area contributed by atoms with Gasteiger partial charge in [0.25, 0.3) is 5.56 Å². The maximum atomic E-state index is 12.7. The van der Waals surface area contributed by atoms with E-state index < -0.39 is 0 Å². The van der Waals surface area contributed by atoms with Crippen LogP contribution in [0.5, 0.6) is 5.75 Å². The number of rotatable bonds is 5. The Balaban J connectivity index is 1.44. The Bertz CT molecular complexity index is 1060. The van der Waals surface area contributed by atoms with Gasteiger partial charge >= 0.3 is 0 Å². The van der Waals surface area contributed by atoms with E-state index in [4.69, 9.17) is 4.74 Å². The Labute approximate surface area is 164 Å². The number of carbonyl (C=O) groups excluding carboxylic acids is 1. The van der Waals surface area contributed by atoms with E-state index in [9.17, 15) is 9.59 Å². The molecule has 0 radical (unpaired) electrons. The highest BCUT2D eigenvalue weighted by atomic mass is 32.2. The number of hydrogen-bond acceptors (Lipinski definition) is 7. The second-order valence-electron chi connectivity index (χ2n) is 6.19. The number of hydrogen-bond donors (Lipinski definition) is 0. The minimum absolute atomic E-state index is 0.0206. The predicted octanol–water partition coefficient (Wildman–Crippen LogP) is 0.967. The second-order valence-corrected chi connectivity index (χ2v) is 7.13. The lowest BCUT2D eigenvalue weighted by molar-refractivity contribution is -0.129. The lowest BCUT2D eigenvalue weighted by Crippen LogP contribution is -2.42. The third-order valence-electron chi connectivity index (χ3n) is 4.50. The van der Waals surface area contributed by atoms with E-state index in [1.54, 1.807) is 27.3 Å². The van der Waals surface area contributed by atoms with E-state index in [0.717, 1.165) is 11.4 Å². The highest BCUT2D eigenvalue weighted by molar-refractivity contribution is 7.99. The molecule has 28 heavy (non-hydrogen) atoms. The number of thioether (sulfide) groups is 1. The summed E-state index contributed by atoms with van der Waals surface area (Å²) in [6, 6.07) is 12.5. The molecule has 10 heteroatoms. The van der Waals surface area contributed by atoms with Crippen molar-refractivity contribution in [1.29, 1.82) is 0 Å². The number of aromatic nitrogens is 5. The zero-order valence-corrected chi connectivity index (χ0v) is 16.0. The number of tetrazole rings is 1. The first kappa shape index (κ1) is 18.2. The molecule has 0 N–H and O–H groups in total. The standard InChI is InChI=1S/C18H18N6O3S/c1-27-15-6-2-4-13(10-15)24-18(19-20-21-24)28-12-17(26)22-8-9-23-14(11-22)5-3-7-16(23)25/h2-7,10H,8-9,11-12H2,1H3. The van der Waals surface area contributed by atoms with Crippen LogP contribution in [0, 0.1) is 0 Å².